The summed E-state index contributed by atoms with van der Waals surface area (Å²) in [4.78, 5) is 38.4. The Morgan fingerprint density at radius 1 is 1.20 bits per heavy atom. The first-order valence-electron chi connectivity index (χ1n) is 12.8. The van der Waals surface area contributed by atoms with Crippen LogP contribution in [-0.4, -0.2) is 61.0 Å². The van der Waals surface area contributed by atoms with Crippen LogP contribution in [0.4, 0.5) is 13.2 Å². The van der Waals surface area contributed by atoms with E-state index >= 15 is 0 Å². The zero-order chi connectivity index (χ0) is 29.0. The van der Waals surface area contributed by atoms with Crippen molar-refractivity contribution in [2.75, 3.05) is 12.4 Å². The van der Waals surface area contributed by atoms with E-state index in [-0.39, 0.29) is 5.56 Å². The first-order valence-corrected chi connectivity index (χ1v) is 14.4. The SMILES string of the molecule is C=CC1(Oc2cc(C(=O)OC3C4CC5C3OC(=O)C5C4C(=O)OCCS(=O)(=O)O)ccc2C(F)(F)F)CCCC1. The van der Waals surface area contributed by atoms with Crippen LogP contribution in [0.2, 0.25) is 0 Å². The lowest BCUT2D eigenvalue weighted by Gasteiger charge is -2.30. The van der Waals surface area contributed by atoms with Crippen molar-refractivity contribution in [2.24, 2.45) is 23.7 Å². The Labute approximate surface area is 227 Å². The fourth-order valence-electron chi connectivity index (χ4n) is 6.51. The predicted octanol–water partition coefficient (Wildman–Crippen LogP) is 3.35. The molecule has 4 aliphatic rings. The molecule has 14 heteroatoms. The molecule has 0 amide bonds. The van der Waals surface area contributed by atoms with Crippen LogP contribution in [0.3, 0.4) is 0 Å². The maximum absolute atomic E-state index is 13.8. The van der Waals surface area contributed by atoms with Gasteiger partial charge >= 0.3 is 24.1 Å². The molecular formula is C26H27F3O10S. The molecule has 0 radical (unpaired) electrons. The Bertz CT molecular complexity index is 1330. The van der Waals surface area contributed by atoms with Crippen LogP contribution in [0.1, 0.15) is 48.0 Å². The van der Waals surface area contributed by atoms with Crippen LogP contribution in [0.25, 0.3) is 0 Å². The lowest BCUT2D eigenvalue weighted by molar-refractivity contribution is -0.155. The van der Waals surface area contributed by atoms with Gasteiger partial charge in [0.25, 0.3) is 10.1 Å². The summed E-state index contributed by atoms with van der Waals surface area (Å²) in [6.45, 7) is 3.07. The molecule has 5 rings (SSSR count). The molecule has 1 aromatic carbocycles. The van der Waals surface area contributed by atoms with Gasteiger partial charge < -0.3 is 18.9 Å². The molecular weight excluding hydrogens is 561 g/mol. The van der Waals surface area contributed by atoms with Gasteiger partial charge in [-0.2, -0.15) is 21.6 Å². The summed E-state index contributed by atoms with van der Waals surface area (Å²) in [6.07, 6.45) is -2.44. The summed E-state index contributed by atoms with van der Waals surface area (Å²) < 4.78 is 93.8. The normalized spacial score (nSPS) is 30.1. The van der Waals surface area contributed by atoms with Crippen molar-refractivity contribution in [3.63, 3.8) is 0 Å². The summed E-state index contributed by atoms with van der Waals surface area (Å²) in [5.41, 5.74) is -2.28. The molecule has 3 aliphatic carbocycles. The van der Waals surface area contributed by atoms with Crippen LogP contribution < -0.4 is 4.74 Å². The number of halogens is 3. The van der Waals surface area contributed by atoms with Gasteiger partial charge in [0.05, 0.1) is 23.0 Å². The molecule has 10 nitrogen and oxygen atoms in total. The minimum absolute atomic E-state index is 0.226. The zero-order valence-corrected chi connectivity index (χ0v) is 21.9. The van der Waals surface area contributed by atoms with Crippen LogP contribution in [0.5, 0.6) is 5.75 Å². The molecule has 2 bridgehead atoms. The van der Waals surface area contributed by atoms with Gasteiger partial charge in [-0.15, -0.1) is 0 Å². The fraction of sp³-hybridized carbons (Fsp3) is 0.577. The third-order valence-electron chi connectivity index (χ3n) is 8.30. The van der Waals surface area contributed by atoms with Gasteiger partial charge in [-0.05, 0) is 56.4 Å². The largest absolute Gasteiger partial charge is 0.483 e. The van der Waals surface area contributed by atoms with Gasteiger partial charge in [-0.1, -0.05) is 6.58 Å². The Balaban J connectivity index is 1.36. The first kappa shape index (κ1) is 28.4. The summed E-state index contributed by atoms with van der Waals surface area (Å²) in [6, 6.07) is 2.66. The number of fused-ring (bicyclic) bond motifs is 1. The third-order valence-corrected chi connectivity index (χ3v) is 8.99. The van der Waals surface area contributed by atoms with E-state index in [0.29, 0.717) is 19.3 Å². The van der Waals surface area contributed by atoms with E-state index in [2.05, 4.69) is 6.58 Å². The number of esters is 3. The highest BCUT2D eigenvalue weighted by molar-refractivity contribution is 7.85. The molecule has 1 aromatic rings. The quantitative estimate of drug-likeness (QED) is 0.198. The highest BCUT2D eigenvalue weighted by atomic mass is 32.2. The van der Waals surface area contributed by atoms with E-state index < -0.39 is 99.4 Å². The Hall–Kier alpha value is -3.13. The van der Waals surface area contributed by atoms with Crippen LogP contribution in [0.15, 0.2) is 30.9 Å². The molecule has 0 spiro atoms. The second-order valence-corrected chi connectivity index (χ2v) is 12.2. The number of rotatable bonds is 9. The molecule has 3 saturated carbocycles. The second kappa shape index (κ2) is 10.1. The van der Waals surface area contributed by atoms with Crippen molar-refractivity contribution in [1.29, 1.82) is 0 Å². The fourth-order valence-corrected chi connectivity index (χ4v) is 6.81. The van der Waals surface area contributed by atoms with E-state index in [0.717, 1.165) is 31.0 Å². The summed E-state index contributed by atoms with van der Waals surface area (Å²) in [7, 11) is -4.39. The first-order chi connectivity index (χ1) is 18.7. The number of alkyl halides is 3. The minimum atomic E-state index is -4.75. The van der Waals surface area contributed by atoms with E-state index in [1.54, 1.807) is 0 Å². The van der Waals surface area contributed by atoms with Crippen LogP contribution >= 0.6 is 0 Å². The molecule has 1 saturated heterocycles. The molecule has 6 atom stereocenters. The smallest absolute Gasteiger partial charge is 0.419 e. The molecule has 0 aromatic heterocycles. The van der Waals surface area contributed by atoms with Gasteiger partial charge in [0.15, 0.2) is 0 Å². The van der Waals surface area contributed by atoms with Crippen molar-refractivity contribution in [3.8, 4) is 5.75 Å². The minimum Gasteiger partial charge on any atom is -0.483 e. The lowest BCUT2D eigenvalue weighted by Crippen LogP contribution is -2.44. The molecule has 1 heterocycles. The van der Waals surface area contributed by atoms with Crippen LogP contribution in [-0.2, 0) is 40.1 Å². The van der Waals surface area contributed by atoms with Crippen molar-refractivity contribution in [3.05, 3.63) is 42.0 Å². The van der Waals surface area contributed by atoms with Crippen molar-refractivity contribution >= 4 is 28.0 Å². The van der Waals surface area contributed by atoms with Gasteiger partial charge in [0, 0.05) is 11.8 Å². The highest BCUT2D eigenvalue weighted by Crippen LogP contribution is 2.59. The molecule has 218 valence electrons. The molecule has 1 aliphatic heterocycles. The maximum atomic E-state index is 13.8. The number of ether oxygens (including phenoxy) is 4. The van der Waals surface area contributed by atoms with E-state index in [1.165, 1.54) is 6.08 Å². The number of carbonyl (C=O) groups excluding carboxylic acids is 3. The Morgan fingerprint density at radius 3 is 2.52 bits per heavy atom. The average Bonchev–Trinajstić information content (AvgIpc) is 3.61. The lowest BCUT2D eigenvalue weighted by atomic mass is 9.78. The number of hydrogen-bond acceptors (Lipinski definition) is 9. The van der Waals surface area contributed by atoms with Gasteiger partial charge in [0.2, 0.25) is 0 Å². The van der Waals surface area contributed by atoms with Crippen LogP contribution in [0, 0.1) is 23.7 Å². The second-order valence-electron chi connectivity index (χ2n) is 10.6. The Morgan fingerprint density at radius 2 is 1.90 bits per heavy atom. The zero-order valence-electron chi connectivity index (χ0n) is 21.1. The number of hydrogen-bond donors (Lipinski definition) is 1. The predicted molar refractivity (Wildman–Crippen MR) is 129 cm³/mol. The molecule has 6 unspecified atom stereocenters. The summed E-state index contributed by atoms with van der Waals surface area (Å²) in [5.74, 6) is -7.00. The number of benzene rings is 1. The topological polar surface area (TPSA) is 142 Å². The van der Waals surface area contributed by atoms with Crippen molar-refractivity contribution in [2.45, 2.75) is 56.1 Å². The van der Waals surface area contributed by atoms with E-state index in [9.17, 15) is 36.0 Å². The third kappa shape index (κ3) is 5.18. The summed E-state index contributed by atoms with van der Waals surface area (Å²) in [5, 5.41) is 0. The van der Waals surface area contributed by atoms with E-state index in [1.807, 2.05) is 0 Å². The standard InChI is InChI=1S/C26H27F3O10S/c1-2-25(7-3-4-8-25)39-17-11-13(5-6-16(17)26(27,28)29)22(30)37-20-14-12-15-19(24(32)38-21(15)20)18(14)23(31)36-9-10-40(33,34)35/h2,5-6,11,14-15,18-21H,1,3-4,7-10,12H2,(H,33,34,35). The monoisotopic (exact) mass is 588 g/mol. The van der Waals surface area contributed by atoms with E-state index in [4.69, 9.17) is 23.5 Å². The Kier molecular flexibility index (Phi) is 7.14. The maximum Gasteiger partial charge on any atom is 0.419 e. The number of carbonyl (C=O) groups is 3. The highest BCUT2D eigenvalue weighted by Gasteiger charge is 2.70. The average molecular weight is 589 g/mol. The van der Waals surface area contributed by atoms with Crippen molar-refractivity contribution < 1.29 is 59.5 Å². The molecule has 4 fully saturated rings. The molecule has 40 heavy (non-hydrogen) atoms. The van der Waals surface area contributed by atoms with Gasteiger partial charge in [-0.3, -0.25) is 14.1 Å². The molecule has 1 N–H and O–H groups in total. The van der Waals surface area contributed by atoms with Crippen molar-refractivity contribution in [1.82, 2.24) is 0 Å². The summed E-state index contributed by atoms with van der Waals surface area (Å²) >= 11 is 0. The van der Waals surface area contributed by atoms with Gasteiger partial charge in [0.1, 0.15) is 35.9 Å². The van der Waals surface area contributed by atoms with Gasteiger partial charge in [-0.25, -0.2) is 4.79 Å².